The summed E-state index contributed by atoms with van der Waals surface area (Å²) in [4.78, 5) is 17.1. The monoisotopic (exact) mass is 351 g/mol. The van der Waals surface area contributed by atoms with E-state index in [2.05, 4.69) is 15.0 Å². The molecule has 0 saturated heterocycles. The first-order chi connectivity index (χ1) is 11.4. The molecule has 24 heavy (non-hydrogen) atoms. The minimum Gasteiger partial charge on any atom is -0.352 e. The molecule has 2 unspecified atom stereocenters. The average molecular weight is 351 g/mol. The van der Waals surface area contributed by atoms with Crippen LogP contribution in [0.15, 0.2) is 34.2 Å². The van der Waals surface area contributed by atoms with Crippen LogP contribution in [0.1, 0.15) is 52.0 Å². The zero-order chi connectivity index (χ0) is 17.7. The van der Waals surface area contributed by atoms with E-state index in [1.165, 1.54) is 0 Å². The second-order valence-electron chi connectivity index (χ2n) is 6.06. The van der Waals surface area contributed by atoms with Gasteiger partial charge < -0.3 is 5.32 Å². The molecule has 1 aromatic carbocycles. The lowest BCUT2D eigenvalue weighted by molar-refractivity contribution is -0.123. The zero-order valence-electron chi connectivity index (χ0n) is 14.4. The quantitative estimate of drug-likeness (QED) is 0.789. The zero-order valence-corrected chi connectivity index (χ0v) is 15.2. The number of unbranched alkanes of at least 4 members (excludes halogenated alkanes) is 1. The summed E-state index contributed by atoms with van der Waals surface area (Å²) in [5.74, 6) is 0.0971. The maximum Gasteiger partial charge on any atom is 0.263 e. The van der Waals surface area contributed by atoms with Crippen LogP contribution in [0.25, 0.3) is 0 Å². The molecule has 1 amide bonds. The summed E-state index contributed by atoms with van der Waals surface area (Å²) in [6.45, 7) is 5.99. The lowest BCUT2D eigenvalue weighted by Gasteiger charge is -2.17. The minimum absolute atomic E-state index is 0.0642. The van der Waals surface area contributed by atoms with Gasteiger partial charge in [-0.3, -0.25) is 14.5 Å². The summed E-state index contributed by atoms with van der Waals surface area (Å²) in [5.41, 5.74) is 0.523. The molecule has 1 aliphatic heterocycles. The lowest BCUT2D eigenvalue weighted by atomic mass is 10.1. The molecule has 1 aromatic rings. The molecule has 2 atom stereocenters. The number of carbonyl (C=O) groups excluding carboxylic acids is 1. The van der Waals surface area contributed by atoms with Crippen molar-refractivity contribution in [3.05, 3.63) is 29.8 Å². The van der Waals surface area contributed by atoms with E-state index < -0.39 is 16.1 Å². The highest BCUT2D eigenvalue weighted by Crippen LogP contribution is 2.23. The van der Waals surface area contributed by atoms with Crippen LogP contribution in [-0.2, 0) is 14.8 Å². The molecule has 1 heterocycles. The summed E-state index contributed by atoms with van der Waals surface area (Å²) >= 11 is 0. The Bertz CT molecular complexity index is 728. The highest BCUT2D eigenvalue weighted by Gasteiger charge is 2.31. The van der Waals surface area contributed by atoms with Crippen molar-refractivity contribution in [2.45, 2.75) is 63.4 Å². The number of sulfonamides is 1. The third kappa shape index (κ3) is 4.14. The van der Waals surface area contributed by atoms with Crippen LogP contribution in [0.5, 0.6) is 0 Å². The molecule has 0 spiro atoms. The second-order valence-corrected chi connectivity index (χ2v) is 7.71. The van der Waals surface area contributed by atoms with Crippen LogP contribution in [0.2, 0.25) is 0 Å². The fourth-order valence-corrected chi connectivity index (χ4v) is 3.72. The van der Waals surface area contributed by atoms with Crippen LogP contribution in [0, 0.1) is 0 Å². The van der Waals surface area contributed by atoms with E-state index in [0.29, 0.717) is 12.0 Å². The van der Waals surface area contributed by atoms with Gasteiger partial charge in [0.2, 0.25) is 5.91 Å². The van der Waals surface area contributed by atoms with Crippen molar-refractivity contribution in [3.63, 3.8) is 0 Å². The van der Waals surface area contributed by atoms with Gasteiger partial charge in [-0.05, 0) is 31.9 Å². The number of benzene rings is 1. The maximum atomic E-state index is 12.5. The molecule has 2 rings (SSSR count). The minimum atomic E-state index is -3.59. The van der Waals surface area contributed by atoms with Gasteiger partial charge in [0.1, 0.15) is 11.9 Å². The molecule has 2 N–H and O–H groups in total. The predicted molar refractivity (Wildman–Crippen MR) is 94.5 cm³/mol. The highest BCUT2D eigenvalue weighted by atomic mass is 32.2. The van der Waals surface area contributed by atoms with Gasteiger partial charge in [0.15, 0.2) is 0 Å². The molecular weight excluding hydrogens is 326 g/mol. The Hall–Kier alpha value is -1.89. The Morgan fingerprint density at radius 1 is 1.29 bits per heavy atom. The summed E-state index contributed by atoms with van der Waals surface area (Å²) in [6, 6.07) is 6.15. The molecule has 1 aliphatic rings. The van der Waals surface area contributed by atoms with Crippen molar-refractivity contribution in [1.82, 2.24) is 10.0 Å². The molecule has 0 fully saturated rings. The standard InChI is InChI=1S/C17H25N3O3S/c1-4-6-10-14(17(21)18-12(3)5-2)19-16-13-9-7-8-11-15(13)24(22,23)20-16/h7-9,11-12,14H,4-6,10H2,1-3H3,(H,18,21)(H,19,20). The van der Waals surface area contributed by atoms with E-state index in [4.69, 9.17) is 0 Å². The first-order valence-electron chi connectivity index (χ1n) is 8.39. The topological polar surface area (TPSA) is 87.6 Å². The van der Waals surface area contributed by atoms with Crippen LogP contribution in [0.4, 0.5) is 0 Å². The van der Waals surface area contributed by atoms with Crippen molar-refractivity contribution in [1.29, 1.82) is 0 Å². The molecule has 6 nitrogen and oxygen atoms in total. The number of hydrogen-bond donors (Lipinski definition) is 2. The maximum absolute atomic E-state index is 12.5. The number of rotatable bonds is 7. The van der Waals surface area contributed by atoms with Gasteiger partial charge >= 0.3 is 0 Å². The summed E-state index contributed by atoms with van der Waals surface area (Å²) in [7, 11) is -3.59. The molecular formula is C17H25N3O3S. The number of nitrogens with zero attached hydrogens (tertiary/aromatic N) is 1. The molecule has 7 heteroatoms. The third-order valence-electron chi connectivity index (χ3n) is 4.08. The van der Waals surface area contributed by atoms with E-state index >= 15 is 0 Å². The van der Waals surface area contributed by atoms with Crippen molar-refractivity contribution in [3.8, 4) is 0 Å². The number of aliphatic imine (C=N–C) groups is 1. The lowest BCUT2D eigenvalue weighted by Crippen LogP contribution is -2.40. The van der Waals surface area contributed by atoms with E-state index in [1.54, 1.807) is 24.3 Å². The summed E-state index contributed by atoms with van der Waals surface area (Å²) < 4.78 is 26.8. The molecule has 0 aliphatic carbocycles. The number of fused-ring (bicyclic) bond motifs is 1. The normalized spacial score (nSPS) is 19.4. The van der Waals surface area contributed by atoms with E-state index in [0.717, 1.165) is 19.3 Å². The Labute approximate surface area is 143 Å². The van der Waals surface area contributed by atoms with E-state index in [-0.39, 0.29) is 22.7 Å². The Morgan fingerprint density at radius 3 is 2.67 bits per heavy atom. The van der Waals surface area contributed by atoms with Crippen LogP contribution < -0.4 is 10.0 Å². The number of nitrogens with one attached hydrogen (secondary N) is 2. The van der Waals surface area contributed by atoms with Gasteiger partial charge in [-0.15, -0.1) is 0 Å². The SMILES string of the molecule is CCCCC(N=C1NS(=O)(=O)c2ccccc21)C(=O)NC(C)CC. The fourth-order valence-electron chi connectivity index (χ4n) is 2.48. The van der Waals surface area contributed by atoms with Gasteiger partial charge in [0, 0.05) is 11.6 Å². The number of amidine groups is 1. The van der Waals surface area contributed by atoms with Gasteiger partial charge in [-0.2, -0.15) is 0 Å². The van der Waals surface area contributed by atoms with Crippen molar-refractivity contribution in [2.24, 2.45) is 4.99 Å². The molecule has 0 aromatic heterocycles. The first-order valence-corrected chi connectivity index (χ1v) is 9.87. The molecule has 0 radical (unpaired) electrons. The van der Waals surface area contributed by atoms with Crippen LogP contribution in [0.3, 0.4) is 0 Å². The number of hydrogen-bond acceptors (Lipinski definition) is 4. The van der Waals surface area contributed by atoms with E-state index in [1.807, 2.05) is 20.8 Å². The Kier molecular flexibility index (Phi) is 5.99. The fraction of sp³-hybridized carbons (Fsp3) is 0.529. The molecule has 0 bridgehead atoms. The average Bonchev–Trinajstić information content (AvgIpc) is 2.82. The number of carbonyl (C=O) groups is 1. The predicted octanol–water partition coefficient (Wildman–Crippen LogP) is 2.20. The van der Waals surface area contributed by atoms with Gasteiger partial charge in [0.25, 0.3) is 10.0 Å². The second kappa shape index (κ2) is 7.79. The summed E-state index contributed by atoms with van der Waals surface area (Å²) in [5, 5.41) is 2.93. The Morgan fingerprint density at radius 2 is 2.00 bits per heavy atom. The first kappa shape index (κ1) is 18.4. The smallest absolute Gasteiger partial charge is 0.263 e. The van der Waals surface area contributed by atoms with Crippen LogP contribution >= 0.6 is 0 Å². The third-order valence-corrected chi connectivity index (χ3v) is 5.48. The Balaban J connectivity index is 2.31. The van der Waals surface area contributed by atoms with Gasteiger partial charge in [-0.25, -0.2) is 8.42 Å². The largest absolute Gasteiger partial charge is 0.352 e. The van der Waals surface area contributed by atoms with Crippen molar-refractivity contribution < 1.29 is 13.2 Å². The van der Waals surface area contributed by atoms with Gasteiger partial charge in [0.05, 0.1) is 4.90 Å². The van der Waals surface area contributed by atoms with E-state index in [9.17, 15) is 13.2 Å². The summed E-state index contributed by atoms with van der Waals surface area (Å²) in [6.07, 6.45) is 3.22. The van der Waals surface area contributed by atoms with Crippen molar-refractivity contribution >= 4 is 21.8 Å². The molecule has 132 valence electrons. The molecule has 0 saturated carbocycles. The highest BCUT2D eigenvalue weighted by molar-refractivity contribution is 7.90. The van der Waals surface area contributed by atoms with Crippen LogP contribution in [-0.4, -0.2) is 32.2 Å². The number of amides is 1. The van der Waals surface area contributed by atoms with Crippen molar-refractivity contribution in [2.75, 3.05) is 0 Å². The van der Waals surface area contributed by atoms with Gasteiger partial charge in [-0.1, -0.05) is 38.8 Å².